The van der Waals surface area contributed by atoms with Crippen molar-refractivity contribution in [3.05, 3.63) is 60.2 Å². The van der Waals surface area contributed by atoms with Crippen molar-refractivity contribution in [3.8, 4) is 0 Å². The predicted molar refractivity (Wildman–Crippen MR) is 106 cm³/mol. The van der Waals surface area contributed by atoms with Crippen molar-refractivity contribution >= 4 is 23.3 Å². The van der Waals surface area contributed by atoms with E-state index in [1.54, 1.807) is 29.2 Å². The Kier molecular flexibility index (Phi) is 6.44. The van der Waals surface area contributed by atoms with Gasteiger partial charge in [0.15, 0.2) is 0 Å². The Hall–Kier alpha value is -2.86. The number of urea groups is 1. The fourth-order valence-corrected chi connectivity index (χ4v) is 2.98. The van der Waals surface area contributed by atoms with Gasteiger partial charge in [-0.15, -0.1) is 0 Å². The maximum Gasteiger partial charge on any atom is 0.322 e. The molecule has 0 aromatic heterocycles. The SMILES string of the molecule is CCN(Cc1ccccc1)C(=O)Nc1ccc(NC(=O)C2CCCO2)cc1. The lowest BCUT2D eigenvalue weighted by atomic mass is 10.2. The molecular weight excluding hydrogens is 342 g/mol. The van der Waals surface area contributed by atoms with Crippen molar-refractivity contribution in [3.63, 3.8) is 0 Å². The first-order valence-electron chi connectivity index (χ1n) is 9.28. The minimum absolute atomic E-state index is 0.121. The third kappa shape index (κ3) is 5.31. The zero-order valence-corrected chi connectivity index (χ0v) is 15.5. The smallest absolute Gasteiger partial charge is 0.322 e. The van der Waals surface area contributed by atoms with Crippen molar-refractivity contribution in [2.75, 3.05) is 23.8 Å². The highest BCUT2D eigenvalue weighted by atomic mass is 16.5. The average molecular weight is 367 g/mol. The molecule has 1 fully saturated rings. The zero-order valence-electron chi connectivity index (χ0n) is 15.5. The van der Waals surface area contributed by atoms with E-state index in [0.29, 0.717) is 31.1 Å². The van der Waals surface area contributed by atoms with Crippen LogP contribution in [-0.2, 0) is 16.1 Å². The van der Waals surface area contributed by atoms with Gasteiger partial charge in [0.25, 0.3) is 5.91 Å². The Bertz CT molecular complexity index is 756. The molecule has 0 saturated carbocycles. The van der Waals surface area contributed by atoms with Crippen molar-refractivity contribution in [2.45, 2.75) is 32.4 Å². The molecule has 1 unspecified atom stereocenters. The van der Waals surface area contributed by atoms with Gasteiger partial charge in [-0.05, 0) is 49.6 Å². The summed E-state index contributed by atoms with van der Waals surface area (Å²) in [5, 5.41) is 5.74. The van der Waals surface area contributed by atoms with Crippen LogP contribution in [0.2, 0.25) is 0 Å². The van der Waals surface area contributed by atoms with Crippen molar-refractivity contribution in [1.29, 1.82) is 0 Å². The Morgan fingerprint density at radius 1 is 1.04 bits per heavy atom. The summed E-state index contributed by atoms with van der Waals surface area (Å²) in [4.78, 5) is 26.3. The van der Waals surface area contributed by atoms with E-state index in [1.807, 2.05) is 37.3 Å². The van der Waals surface area contributed by atoms with Gasteiger partial charge < -0.3 is 20.3 Å². The lowest BCUT2D eigenvalue weighted by Gasteiger charge is -2.21. The van der Waals surface area contributed by atoms with Gasteiger partial charge >= 0.3 is 6.03 Å². The van der Waals surface area contributed by atoms with Crippen LogP contribution in [0.25, 0.3) is 0 Å². The molecular formula is C21H25N3O3. The maximum absolute atomic E-state index is 12.5. The Labute approximate surface area is 159 Å². The van der Waals surface area contributed by atoms with Gasteiger partial charge in [-0.3, -0.25) is 4.79 Å². The highest BCUT2D eigenvalue weighted by Gasteiger charge is 2.23. The second-order valence-corrected chi connectivity index (χ2v) is 6.50. The summed E-state index contributed by atoms with van der Waals surface area (Å²) in [5.41, 5.74) is 2.45. The molecule has 2 N–H and O–H groups in total. The molecule has 0 radical (unpaired) electrons. The number of ether oxygens (including phenoxy) is 1. The number of hydrogen-bond acceptors (Lipinski definition) is 3. The first-order valence-corrected chi connectivity index (χ1v) is 9.28. The van der Waals surface area contributed by atoms with E-state index in [9.17, 15) is 9.59 Å². The molecule has 3 amide bonds. The highest BCUT2D eigenvalue weighted by Crippen LogP contribution is 2.18. The van der Waals surface area contributed by atoms with Crippen LogP contribution in [0.4, 0.5) is 16.2 Å². The summed E-state index contributed by atoms with van der Waals surface area (Å²) in [6.45, 7) is 3.75. The number of hydrogen-bond donors (Lipinski definition) is 2. The van der Waals surface area contributed by atoms with Crippen molar-refractivity contribution in [2.24, 2.45) is 0 Å². The normalized spacial score (nSPS) is 16.0. The molecule has 142 valence electrons. The van der Waals surface area contributed by atoms with Crippen molar-refractivity contribution in [1.82, 2.24) is 4.90 Å². The molecule has 2 aromatic rings. The molecule has 1 saturated heterocycles. The van der Waals surface area contributed by atoms with Crippen LogP contribution in [0.15, 0.2) is 54.6 Å². The largest absolute Gasteiger partial charge is 0.368 e. The number of carbonyl (C=O) groups is 2. The minimum atomic E-state index is -0.361. The lowest BCUT2D eigenvalue weighted by molar-refractivity contribution is -0.124. The van der Waals surface area contributed by atoms with Gasteiger partial charge in [0, 0.05) is 31.1 Å². The average Bonchev–Trinajstić information content (AvgIpc) is 3.23. The Morgan fingerprint density at radius 2 is 1.70 bits per heavy atom. The maximum atomic E-state index is 12.5. The summed E-state index contributed by atoms with van der Waals surface area (Å²) in [7, 11) is 0. The highest BCUT2D eigenvalue weighted by molar-refractivity contribution is 5.95. The molecule has 6 nitrogen and oxygen atoms in total. The molecule has 1 heterocycles. The lowest BCUT2D eigenvalue weighted by Crippen LogP contribution is -2.34. The minimum Gasteiger partial charge on any atom is -0.368 e. The quantitative estimate of drug-likeness (QED) is 0.814. The van der Waals surface area contributed by atoms with Crippen LogP contribution < -0.4 is 10.6 Å². The number of benzene rings is 2. The van der Waals surface area contributed by atoms with Gasteiger partial charge in [0.05, 0.1) is 0 Å². The fourth-order valence-electron chi connectivity index (χ4n) is 2.98. The molecule has 6 heteroatoms. The predicted octanol–water partition coefficient (Wildman–Crippen LogP) is 3.86. The first-order chi connectivity index (χ1) is 13.2. The van der Waals surface area contributed by atoms with Crippen LogP contribution in [0.1, 0.15) is 25.3 Å². The molecule has 0 spiro atoms. The van der Waals surface area contributed by atoms with Gasteiger partial charge in [-0.2, -0.15) is 0 Å². The second kappa shape index (κ2) is 9.19. The number of rotatable bonds is 6. The summed E-state index contributed by atoms with van der Waals surface area (Å²) in [5.74, 6) is -0.121. The topological polar surface area (TPSA) is 70.7 Å². The van der Waals surface area contributed by atoms with E-state index in [-0.39, 0.29) is 18.0 Å². The standard InChI is InChI=1S/C21H25N3O3/c1-2-24(15-16-7-4-3-5-8-16)21(26)23-18-12-10-17(11-13-18)22-20(25)19-9-6-14-27-19/h3-5,7-8,10-13,19H,2,6,9,14-15H2,1H3,(H,22,25)(H,23,26). The number of amides is 3. The molecule has 0 aliphatic carbocycles. The van der Waals surface area contributed by atoms with Gasteiger partial charge in [0.1, 0.15) is 6.10 Å². The molecule has 0 bridgehead atoms. The summed E-state index contributed by atoms with van der Waals surface area (Å²) < 4.78 is 5.38. The van der Waals surface area contributed by atoms with E-state index >= 15 is 0 Å². The third-order valence-electron chi connectivity index (χ3n) is 4.51. The van der Waals surface area contributed by atoms with Gasteiger partial charge in [-0.25, -0.2) is 4.79 Å². The van der Waals surface area contributed by atoms with E-state index in [0.717, 1.165) is 18.4 Å². The molecule has 2 aromatic carbocycles. The fraction of sp³-hybridized carbons (Fsp3) is 0.333. The van der Waals surface area contributed by atoms with E-state index in [2.05, 4.69) is 10.6 Å². The van der Waals surface area contributed by atoms with E-state index in [1.165, 1.54) is 0 Å². The number of anilines is 2. The van der Waals surface area contributed by atoms with Crippen LogP contribution in [0, 0.1) is 0 Å². The molecule has 27 heavy (non-hydrogen) atoms. The monoisotopic (exact) mass is 367 g/mol. The van der Waals surface area contributed by atoms with Crippen LogP contribution in [0.3, 0.4) is 0 Å². The molecule has 1 atom stereocenters. The summed E-state index contributed by atoms with van der Waals surface area (Å²) in [6, 6.07) is 16.8. The zero-order chi connectivity index (χ0) is 19.1. The molecule has 1 aliphatic heterocycles. The van der Waals surface area contributed by atoms with Crippen LogP contribution >= 0.6 is 0 Å². The van der Waals surface area contributed by atoms with Gasteiger partial charge in [0.2, 0.25) is 0 Å². The first kappa shape index (κ1) is 18.9. The molecule has 3 rings (SSSR count). The van der Waals surface area contributed by atoms with E-state index < -0.39 is 0 Å². The van der Waals surface area contributed by atoms with Gasteiger partial charge in [-0.1, -0.05) is 30.3 Å². The summed E-state index contributed by atoms with van der Waals surface area (Å²) >= 11 is 0. The Morgan fingerprint density at radius 3 is 2.30 bits per heavy atom. The number of nitrogens with zero attached hydrogens (tertiary/aromatic N) is 1. The summed E-state index contributed by atoms with van der Waals surface area (Å²) in [6.07, 6.45) is 1.31. The Balaban J connectivity index is 1.54. The van der Waals surface area contributed by atoms with E-state index in [4.69, 9.17) is 4.74 Å². The second-order valence-electron chi connectivity index (χ2n) is 6.50. The molecule has 1 aliphatic rings. The number of carbonyl (C=O) groups excluding carboxylic acids is 2. The number of nitrogens with one attached hydrogen (secondary N) is 2. The van der Waals surface area contributed by atoms with Crippen LogP contribution in [-0.4, -0.2) is 36.1 Å². The third-order valence-corrected chi connectivity index (χ3v) is 4.51. The van der Waals surface area contributed by atoms with Crippen LogP contribution in [0.5, 0.6) is 0 Å². The van der Waals surface area contributed by atoms with Crippen molar-refractivity contribution < 1.29 is 14.3 Å².